The van der Waals surface area contributed by atoms with E-state index in [2.05, 4.69) is 50.4 Å². The summed E-state index contributed by atoms with van der Waals surface area (Å²) in [4.78, 5) is 0. The molecule has 0 aliphatic carbocycles. The molecule has 4 heteroatoms. The maximum absolute atomic E-state index is 5.42. The number of methoxy groups -OCH3 is 3. The Balaban J connectivity index is 2.02. The summed E-state index contributed by atoms with van der Waals surface area (Å²) in [6.07, 6.45) is 0. The van der Waals surface area contributed by atoms with Gasteiger partial charge in [0, 0.05) is 18.5 Å². The van der Waals surface area contributed by atoms with Crippen LogP contribution in [0.2, 0.25) is 0 Å². The van der Waals surface area contributed by atoms with E-state index in [0.717, 1.165) is 35.9 Å². The Labute approximate surface area is 151 Å². The van der Waals surface area contributed by atoms with Crippen molar-refractivity contribution in [2.75, 3.05) is 27.9 Å². The Morgan fingerprint density at radius 2 is 1.48 bits per heavy atom. The van der Waals surface area contributed by atoms with Gasteiger partial charge < -0.3 is 19.5 Å². The molecule has 2 aromatic rings. The average molecular weight is 343 g/mol. The Hall–Kier alpha value is -2.20. The van der Waals surface area contributed by atoms with E-state index in [1.807, 2.05) is 12.1 Å². The van der Waals surface area contributed by atoms with E-state index >= 15 is 0 Å². The fourth-order valence-electron chi connectivity index (χ4n) is 2.93. The summed E-state index contributed by atoms with van der Waals surface area (Å²) < 4.78 is 16.1. The summed E-state index contributed by atoms with van der Waals surface area (Å²) in [7, 11) is 5.02. The molecule has 0 aromatic heterocycles. The van der Waals surface area contributed by atoms with Crippen LogP contribution in [-0.4, -0.2) is 27.9 Å². The molecule has 0 fully saturated rings. The van der Waals surface area contributed by atoms with Gasteiger partial charge >= 0.3 is 0 Å². The van der Waals surface area contributed by atoms with Crippen molar-refractivity contribution in [3.05, 3.63) is 53.1 Å². The first kappa shape index (κ1) is 19.1. The number of rotatable bonds is 8. The topological polar surface area (TPSA) is 39.7 Å². The minimum Gasteiger partial charge on any atom is -0.496 e. The molecule has 0 aliphatic heterocycles. The van der Waals surface area contributed by atoms with Crippen molar-refractivity contribution in [3.8, 4) is 17.2 Å². The second kappa shape index (κ2) is 8.26. The molecular weight excluding hydrogens is 314 g/mol. The largest absolute Gasteiger partial charge is 0.496 e. The third-order valence-corrected chi connectivity index (χ3v) is 4.52. The minimum atomic E-state index is -0.0267. The maximum Gasteiger partial charge on any atom is 0.161 e. The Kier molecular flexibility index (Phi) is 6.32. The van der Waals surface area contributed by atoms with E-state index in [1.54, 1.807) is 21.3 Å². The molecule has 136 valence electrons. The van der Waals surface area contributed by atoms with Crippen LogP contribution < -0.4 is 19.5 Å². The smallest absolute Gasteiger partial charge is 0.161 e. The van der Waals surface area contributed by atoms with Crippen molar-refractivity contribution in [2.24, 2.45) is 0 Å². The highest BCUT2D eigenvalue weighted by atomic mass is 16.5. The number of aryl methyl sites for hydroxylation is 1. The average Bonchev–Trinajstić information content (AvgIpc) is 2.61. The van der Waals surface area contributed by atoms with Crippen molar-refractivity contribution in [1.29, 1.82) is 0 Å². The Morgan fingerprint density at radius 3 is 2.08 bits per heavy atom. The summed E-state index contributed by atoms with van der Waals surface area (Å²) in [5, 5.41) is 3.56. The molecule has 0 unspecified atom stereocenters. The lowest BCUT2D eigenvalue weighted by molar-refractivity contribution is 0.353. The standard InChI is InChI=1S/C21H29NO3/c1-15-11-16(7-9-18(15)23-4)13-22-14-21(2,3)17-8-10-19(24-5)20(12-17)25-6/h7-12,22H,13-14H2,1-6H3. The molecule has 0 heterocycles. The third kappa shape index (κ3) is 4.67. The zero-order valence-electron chi connectivity index (χ0n) is 16.1. The lowest BCUT2D eigenvalue weighted by Crippen LogP contribution is -2.32. The summed E-state index contributed by atoms with van der Waals surface area (Å²) in [5.41, 5.74) is 3.59. The van der Waals surface area contributed by atoms with Crippen LogP contribution >= 0.6 is 0 Å². The van der Waals surface area contributed by atoms with Crippen LogP contribution in [-0.2, 0) is 12.0 Å². The van der Waals surface area contributed by atoms with Crippen LogP contribution in [0, 0.1) is 6.92 Å². The molecule has 0 spiro atoms. The predicted molar refractivity (Wildman–Crippen MR) is 102 cm³/mol. The monoisotopic (exact) mass is 343 g/mol. The highest BCUT2D eigenvalue weighted by Gasteiger charge is 2.22. The van der Waals surface area contributed by atoms with Gasteiger partial charge in [-0.25, -0.2) is 0 Å². The molecule has 0 saturated heterocycles. The van der Waals surface area contributed by atoms with Gasteiger partial charge in [0.25, 0.3) is 0 Å². The van der Waals surface area contributed by atoms with Gasteiger partial charge in [0.15, 0.2) is 11.5 Å². The van der Waals surface area contributed by atoms with Gasteiger partial charge in [-0.2, -0.15) is 0 Å². The van der Waals surface area contributed by atoms with Crippen LogP contribution in [0.25, 0.3) is 0 Å². The quantitative estimate of drug-likeness (QED) is 0.784. The molecule has 1 N–H and O–H groups in total. The molecule has 0 radical (unpaired) electrons. The first-order valence-corrected chi connectivity index (χ1v) is 8.48. The van der Waals surface area contributed by atoms with Crippen LogP contribution in [0.15, 0.2) is 36.4 Å². The lowest BCUT2D eigenvalue weighted by atomic mass is 9.84. The molecule has 2 aromatic carbocycles. The van der Waals surface area contributed by atoms with Crippen LogP contribution in [0.4, 0.5) is 0 Å². The van der Waals surface area contributed by atoms with Gasteiger partial charge in [-0.05, 0) is 41.8 Å². The van der Waals surface area contributed by atoms with E-state index < -0.39 is 0 Å². The van der Waals surface area contributed by atoms with Crippen LogP contribution in [0.3, 0.4) is 0 Å². The van der Waals surface area contributed by atoms with Gasteiger partial charge in [-0.15, -0.1) is 0 Å². The first-order chi connectivity index (χ1) is 11.9. The van der Waals surface area contributed by atoms with E-state index in [1.165, 1.54) is 11.1 Å². The predicted octanol–water partition coefficient (Wildman–Crippen LogP) is 4.09. The number of hydrogen-bond acceptors (Lipinski definition) is 4. The van der Waals surface area contributed by atoms with Gasteiger partial charge in [0.05, 0.1) is 21.3 Å². The second-order valence-electron chi connectivity index (χ2n) is 6.86. The van der Waals surface area contributed by atoms with E-state index in [4.69, 9.17) is 14.2 Å². The highest BCUT2D eigenvalue weighted by Crippen LogP contribution is 2.33. The second-order valence-corrected chi connectivity index (χ2v) is 6.86. The SMILES string of the molecule is COc1ccc(CNCC(C)(C)c2ccc(OC)c(OC)c2)cc1C. The first-order valence-electron chi connectivity index (χ1n) is 8.48. The molecule has 0 atom stereocenters. The van der Waals surface area contributed by atoms with E-state index in [-0.39, 0.29) is 5.41 Å². The van der Waals surface area contributed by atoms with Crippen LogP contribution in [0.5, 0.6) is 17.2 Å². The van der Waals surface area contributed by atoms with Gasteiger partial charge in [0.1, 0.15) is 5.75 Å². The number of nitrogens with one attached hydrogen (secondary N) is 1. The normalized spacial score (nSPS) is 11.3. The molecule has 4 nitrogen and oxygen atoms in total. The summed E-state index contributed by atoms with van der Waals surface area (Å²) in [6, 6.07) is 12.4. The summed E-state index contributed by atoms with van der Waals surface area (Å²) in [5.74, 6) is 2.44. The van der Waals surface area contributed by atoms with Gasteiger partial charge in [0.2, 0.25) is 0 Å². The van der Waals surface area contributed by atoms with Crippen molar-refractivity contribution in [1.82, 2.24) is 5.32 Å². The molecule has 0 aliphatic rings. The highest BCUT2D eigenvalue weighted by molar-refractivity contribution is 5.45. The zero-order chi connectivity index (χ0) is 18.4. The number of benzene rings is 2. The Morgan fingerprint density at radius 1 is 0.840 bits per heavy atom. The fraction of sp³-hybridized carbons (Fsp3) is 0.429. The van der Waals surface area contributed by atoms with Crippen molar-refractivity contribution in [2.45, 2.75) is 32.7 Å². The van der Waals surface area contributed by atoms with Gasteiger partial charge in [-0.3, -0.25) is 0 Å². The molecule has 0 bridgehead atoms. The van der Waals surface area contributed by atoms with E-state index in [0.29, 0.717) is 0 Å². The lowest BCUT2D eigenvalue weighted by Gasteiger charge is -2.27. The molecular formula is C21H29NO3. The molecule has 25 heavy (non-hydrogen) atoms. The molecule has 0 saturated carbocycles. The van der Waals surface area contributed by atoms with Crippen molar-refractivity contribution < 1.29 is 14.2 Å². The van der Waals surface area contributed by atoms with Gasteiger partial charge in [-0.1, -0.05) is 32.0 Å². The van der Waals surface area contributed by atoms with Crippen molar-refractivity contribution >= 4 is 0 Å². The maximum atomic E-state index is 5.42. The molecule has 0 amide bonds. The Bertz CT molecular complexity index is 710. The van der Waals surface area contributed by atoms with E-state index in [9.17, 15) is 0 Å². The minimum absolute atomic E-state index is 0.0267. The molecule has 2 rings (SSSR count). The number of ether oxygens (including phenoxy) is 3. The van der Waals surface area contributed by atoms with Crippen molar-refractivity contribution in [3.63, 3.8) is 0 Å². The van der Waals surface area contributed by atoms with Crippen LogP contribution in [0.1, 0.15) is 30.5 Å². The fourth-order valence-corrected chi connectivity index (χ4v) is 2.93. The summed E-state index contributed by atoms with van der Waals surface area (Å²) in [6.45, 7) is 8.19. The summed E-state index contributed by atoms with van der Waals surface area (Å²) >= 11 is 0. The third-order valence-electron chi connectivity index (χ3n) is 4.52. The number of hydrogen-bond donors (Lipinski definition) is 1. The zero-order valence-corrected chi connectivity index (χ0v) is 16.1.